The van der Waals surface area contributed by atoms with Crippen LogP contribution in [0.4, 0.5) is 22.7 Å². The maximum atomic E-state index is 13.1. The number of anilines is 2. The van der Waals surface area contributed by atoms with Gasteiger partial charge in [0.1, 0.15) is 0 Å². The van der Waals surface area contributed by atoms with Gasteiger partial charge in [-0.25, -0.2) is 13.4 Å². The number of aromatic nitrogens is 1. The molecule has 0 spiro atoms. The number of non-ortho nitro benzene ring substituents is 1. The average molecular weight is 584 g/mol. The van der Waals surface area contributed by atoms with Gasteiger partial charge in [-0.3, -0.25) is 19.6 Å². The molecule has 42 heavy (non-hydrogen) atoms. The number of sulfonamides is 1. The maximum Gasteiger partial charge on any atom is 0.270 e. The zero-order valence-electron chi connectivity index (χ0n) is 22.5. The monoisotopic (exact) mass is 583 g/mol. The van der Waals surface area contributed by atoms with Crippen molar-refractivity contribution >= 4 is 55.3 Å². The summed E-state index contributed by atoms with van der Waals surface area (Å²) in [7, 11) is -2.50. The molecule has 0 aliphatic carbocycles. The fourth-order valence-corrected chi connectivity index (χ4v) is 5.47. The molecular formula is C30H25N5O6S. The summed E-state index contributed by atoms with van der Waals surface area (Å²) < 4.78 is 28.6. The first-order valence-corrected chi connectivity index (χ1v) is 14.1. The Morgan fingerprint density at radius 1 is 0.976 bits per heavy atom. The summed E-state index contributed by atoms with van der Waals surface area (Å²) in [4.78, 5) is 31.2. The number of nitro groups is 1. The first-order valence-electron chi connectivity index (χ1n) is 12.6. The van der Waals surface area contributed by atoms with Crippen molar-refractivity contribution in [3.05, 3.63) is 118 Å². The Kier molecular flexibility index (Phi) is 7.47. The van der Waals surface area contributed by atoms with Crippen molar-refractivity contribution in [1.29, 1.82) is 0 Å². The summed E-state index contributed by atoms with van der Waals surface area (Å²) in [6.45, 7) is 1.47. The van der Waals surface area contributed by atoms with E-state index in [-0.39, 0.29) is 28.1 Å². The van der Waals surface area contributed by atoms with Crippen molar-refractivity contribution < 1.29 is 23.2 Å². The van der Waals surface area contributed by atoms with Gasteiger partial charge in [0.05, 0.1) is 26.8 Å². The number of hydrogen-bond acceptors (Lipinski definition) is 7. The molecule has 0 atom stereocenters. The van der Waals surface area contributed by atoms with E-state index in [1.807, 2.05) is 30.3 Å². The highest BCUT2D eigenvalue weighted by Gasteiger charge is 2.22. The van der Waals surface area contributed by atoms with Crippen molar-refractivity contribution in [2.45, 2.75) is 11.8 Å². The van der Waals surface area contributed by atoms with Crippen LogP contribution in [0, 0.1) is 10.1 Å². The molecule has 0 radical (unpaired) electrons. The number of hydrogen-bond donors (Lipinski definition) is 3. The number of carbonyl (C=O) groups is 1. The molecule has 1 aromatic heterocycles. The number of nitrogens with one attached hydrogen (secondary N) is 2. The Morgan fingerprint density at radius 3 is 2.36 bits per heavy atom. The van der Waals surface area contributed by atoms with Crippen molar-refractivity contribution in [1.82, 2.24) is 4.98 Å². The number of aromatic amines is 1. The molecule has 0 saturated heterocycles. The van der Waals surface area contributed by atoms with E-state index in [1.165, 1.54) is 36.1 Å². The maximum absolute atomic E-state index is 13.1. The van der Waals surface area contributed by atoms with E-state index >= 15 is 0 Å². The SMILES string of the molecule is CC(=O)N(C)c1ccc(N=C(c2ccccc2)c2c(O)[nH]c3ccc(NS(=O)(=O)c4cccc([N+](=O)[O-])c4)cc23)cc1. The number of nitro benzene ring substituents is 1. The van der Waals surface area contributed by atoms with Crippen molar-refractivity contribution in [2.24, 2.45) is 4.99 Å². The Balaban J connectivity index is 1.59. The Bertz CT molecular complexity index is 1950. The Hall–Kier alpha value is -5.49. The van der Waals surface area contributed by atoms with Gasteiger partial charge in [-0.05, 0) is 48.5 Å². The minimum Gasteiger partial charge on any atom is -0.494 e. The number of rotatable bonds is 8. The van der Waals surface area contributed by atoms with Gasteiger partial charge in [0.2, 0.25) is 5.91 Å². The third-order valence-corrected chi connectivity index (χ3v) is 7.98. The third-order valence-electron chi connectivity index (χ3n) is 6.60. The van der Waals surface area contributed by atoms with E-state index in [0.29, 0.717) is 39.1 Å². The van der Waals surface area contributed by atoms with E-state index < -0.39 is 14.9 Å². The normalized spacial score (nSPS) is 11.8. The lowest BCUT2D eigenvalue weighted by molar-refractivity contribution is -0.385. The molecule has 0 bridgehead atoms. The highest BCUT2D eigenvalue weighted by atomic mass is 32.2. The highest BCUT2D eigenvalue weighted by molar-refractivity contribution is 7.92. The van der Waals surface area contributed by atoms with Gasteiger partial charge in [0, 0.05) is 53.9 Å². The first-order chi connectivity index (χ1) is 20.0. The minimum absolute atomic E-state index is 0.114. The van der Waals surface area contributed by atoms with Crippen LogP contribution in [0.3, 0.4) is 0 Å². The van der Waals surface area contributed by atoms with Gasteiger partial charge in [0.25, 0.3) is 15.7 Å². The van der Waals surface area contributed by atoms with Crippen LogP contribution in [-0.4, -0.2) is 42.1 Å². The Labute approximate surface area is 241 Å². The van der Waals surface area contributed by atoms with E-state index in [2.05, 4.69) is 9.71 Å². The van der Waals surface area contributed by atoms with Crippen molar-refractivity contribution in [3.63, 3.8) is 0 Å². The van der Waals surface area contributed by atoms with Crippen LogP contribution in [-0.2, 0) is 14.8 Å². The molecule has 5 rings (SSSR count). The lowest BCUT2D eigenvalue weighted by Gasteiger charge is -2.15. The molecule has 3 N–H and O–H groups in total. The van der Waals surface area contributed by atoms with Gasteiger partial charge >= 0.3 is 0 Å². The molecule has 1 amide bonds. The summed E-state index contributed by atoms with van der Waals surface area (Å²) >= 11 is 0. The molecule has 0 aliphatic heterocycles. The second-order valence-corrected chi connectivity index (χ2v) is 11.1. The van der Waals surface area contributed by atoms with E-state index in [4.69, 9.17) is 4.99 Å². The largest absolute Gasteiger partial charge is 0.494 e. The van der Waals surface area contributed by atoms with E-state index in [1.54, 1.807) is 43.4 Å². The minimum atomic E-state index is -4.17. The van der Waals surface area contributed by atoms with Crippen LogP contribution >= 0.6 is 0 Å². The second kappa shape index (κ2) is 11.2. The summed E-state index contributed by atoms with van der Waals surface area (Å²) in [5.74, 6) is -0.281. The number of amides is 1. The molecule has 5 aromatic rings. The summed E-state index contributed by atoms with van der Waals surface area (Å²) in [5.41, 5.74) is 3.07. The average Bonchev–Trinajstić information content (AvgIpc) is 3.30. The number of aliphatic imine (C=N–C) groups is 1. The first kappa shape index (κ1) is 28.1. The zero-order valence-corrected chi connectivity index (χ0v) is 23.3. The molecule has 0 saturated carbocycles. The van der Waals surface area contributed by atoms with Crippen molar-refractivity contribution in [3.8, 4) is 5.88 Å². The molecule has 11 nitrogen and oxygen atoms in total. The fourth-order valence-electron chi connectivity index (χ4n) is 4.38. The van der Waals surface area contributed by atoms with Gasteiger partial charge < -0.3 is 15.0 Å². The molecule has 1 heterocycles. The van der Waals surface area contributed by atoms with Gasteiger partial charge in [-0.15, -0.1) is 0 Å². The molecular weight excluding hydrogens is 558 g/mol. The lowest BCUT2D eigenvalue weighted by atomic mass is 10.0. The van der Waals surface area contributed by atoms with E-state index in [9.17, 15) is 28.4 Å². The standard InChI is InChI=1S/C30H25N5O6S/c1-19(36)34(2)23-14-11-21(12-15-23)31-29(20-7-4-3-5-8-20)28-26-17-22(13-16-27(26)32-30(28)37)33-42(40,41)25-10-6-9-24(18-25)35(38)39/h3-18,32-33,37H,1-2H3. The van der Waals surface area contributed by atoms with Gasteiger partial charge in [-0.1, -0.05) is 36.4 Å². The van der Waals surface area contributed by atoms with Gasteiger partial charge in [0.15, 0.2) is 5.88 Å². The predicted octanol–water partition coefficient (Wildman–Crippen LogP) is 5.73. The highest BCUT2D eigenvalue weighted by Crippen LogP contribution is 2.34. The molecule has 0 fully saturated rings. The summed E-state index contributed by atoms with van der Waals surface area (Å²) in [6, 6.07) is 25.7. The number of nitrogens with zero attached hydrogens (tertiary/aromatic N) is 3. The van der Waals surface area contributed by atoms with Gasteiger partial charge in [-0.2, -0.15) is 0 Å². The van der Waals surface area contributed by atoms with Crippen LogP contribution in [0.15, 0.2) is 107 Å². The van der Waals surface area contributed by atoms with Crippen LogP contribution < -0.4 is 9.62 Å². The Morgan fingerprint density at radius 2 is 1.69 bits per heavy atom. The number of carbonyl (C=O) groups excluding carboxylic acids is 1. The lowest BCUT2D eigenvalue weighted by Crippen LogP contribution is -2.22. The summed E-state index contributed by atoms with van der Waals surface area (Å²) in [6.07, 6.45) is 0. The molecule has 12 heteroatoms. The third kappa shape index (κ3) is 5.69. The second-order valence-electron chi connectivity index (χ2n) is 9.39. The molecule has 212 valence electrons. The summed E-state index contributed by atoms with van der Waals surface area (Å²) in [5, 5.41) is 22.7. The predicted molar refractivity (Wildman–Crippen MR) is 161 cm³/mol. The molecule has 0 aliphatic rings. The fraction of sp³-hybridized carbons (Fsp3) is 0.0667. The quantitative estimate of drug-likeness (QED) is 0.120. The van der Waals surface area contributed by atoms with Crippen LogP contribution in [0.25, 0.3) is 10.9 Å². The number of benzene rings is 4. The number of aromatic hydroxyl groups is 1. The topological polar surface area (TPSA) is 158 Å². The molecule has 0 unspecified atom stereocenters. The molecule has 4 aromatic carbocycles. The number of fused-ring (bicyclic) bond motifs is 1. The van der Waals surface area contributed by atoms with Crippen molar-refractivity contribution in [2.75, 3.05) is 16.7 Å². The van der Waals surface area contributed by atoms with Crippen LogP contribution in [0.5, 0.6) is 5.88 Å². The van der Waals surface area contributed by atoms with Crippen LogP contribution in [0.2, 0.25) is 0 Å². The smallest absolute Gasteiger partial charge is 0.270 e. The zero-order chi connectivity index (χ0) is 30.0. The van der Waals surface area contributed by atoms with Crippen LogP contribution in [0.1, 0.15) is 18.1 Å². The van der Waals surface area contributed by atoms with E-state index in [0.717, 1.165) is 6.07 Å². The number of H-pyrrole nitrogens is 1.